The van der Waals surface area contributed by atoms with E-state index in [-0.39, 0.29) is 11.8 Å². The van der Waals surface area contributed by atoms with Gasteiger partial charge in [-0.3, -0.25) is 19.6 Å². The van der Waals surface area contributed by atoms with Crippen LogP contribution in [0.3, 0.4) is 0 Å². The van der Waals surface area contributed by atoms with Crippen LogP contribution in [0.25, 0.3) is 10.2 Å². The summed E-state index contributed by atoms with van der Waals surface area (Å²) in [5.41, 5.74) is 1.82. The molecular formula is C15H15N5O2S. The van der Waals surface area contributed by atoms with E-state index in [4.69, 9.17) is 0 Å². The number of rotatable bonds is 4. The average molecular weight is 329 g/mol. The Morgan fingerprint density at radius 1 is 1.26 bits per heavy atom. The third kappa shape index (κ3) is 3.37. The Balaban J connectivity index is 1.80. The number of nitrogens with one attached hydrogen (secondary N) is 2. The molecule has 0 saturated heterocycles. The third-order valence-electron chi connectivity index (χ3n) is 3.13. The second kappa shape index (κ2) is 6.17. The first kappa shape index (κ1) is 15.2. The fraction of sp³-hybridized carbons (Fsp3) is 0.200. The highest BCUT2D eigenvalue weighted by Gasteiger charge is 2.12. The van der Waals surface area contributed by atoms with Gasteiger partial charge in [0.05, 0.1) is 10.2 Å². The normalized spacial score (nSPS) is 10.7. The van der Waals surface area contributed by atoms with Crippen molar-refractivity contribution in [1.29, 1.82) is 0 Å². The summed E-state index contributed by atoms with van der Waals surface area (Å²) in [5.74, 6) is -0.424. The number of benzene rings is 1. The second-order valence-electron chi connectivity index (χ2n) is 4.89. The summed E-state index contributed by atoms with van der Waals surface area (Å²) >= 11 is 1.35. The predicted molar refractivity (Wildman–Crippen MR) is 89.8 cm³/mol. The minimum absolute atomic E-state index is 0.131. The molecule has 2 N–H and O–H groups in total. The fourth-order valence-corrected chi connectivity index (χ4v) is 2.98. The Bertz CT molecular complexity index is 883. The smallest absolute Gasteiger partial charge is 0.277 e. The topological polar surface area (TPSA) is 88.9 Å². The van der Waals surface area contributed by atoms with E-state index in [1.165, 1.54) is 18.3 Å². The zero-order valence-electron chi connectivity index (χ0n) is 12.7. The van der Waals surface area contributed by atoms with Crippen LogP contribution >= 0.6 is 11.3 Å². The van der Waals surface area contributed by atoms with Gasteiger partial charge in [0.15, 0.2) is 10.8 Å². The van der Waals surface area contributed by atoms with Crippen molar-refractivity contribution in [1.82, 2.24) is 14.8 Å². The van der Waals surface area contributed by atoms with Crippen molar-refractivity contribution in [2.24, 2.45) is 0 Å². The lowest BCUT2D eigenvalue weighted by atomic mass is 10.3. The van der Waals surface area contributed by atoms with Gasteiger partial charge in [0.2, 0.25) is 5.91 Å². The molecule has 1 aromatic carbocycles. The first-order valence-electron chi connectivity index (χ1n) is 7.08. The number of hydrogen-bond donors (Lipinski definition) is 2. The molecule has 0 aliphatic heterocycles. The average Bonchev–Trinajstić information content (AvgIpc) is 3.11. The molecule has 0 atom stereocenters. The van der Waals surface area contributed by atoms with Crippen molar-refractivity contribution in [2.45, 2.75) is 20.4 Å². The molecule has 0 saturated carbocycles. The molecular weight excluding hydrogens is 314 g/mol. The standard InChI is InChI=1S/C15H15N5O2S/c1-3-20-7-6-12(19-20)14(22)18-15-17-11-5-4-10(16-9(2)21)8-13(11)23-15/h4-8H,3H2,1-2H3,(H,16,21)(H,17,18,22). The number of aryl methyl sites for hydroxylation is 1. The van der Waals surface area contributed by atoms with Crippen molar-refractivity contribution >= 4 is 44.2 Å². The first-order chi connectivity index (χ1) is 11.0. The van der Waals surface area contributed by atoms with E-state index in [2.05, 4.69) is 20.7 Å². The molecule has 0 aliphatic carbocycles. The van der Waals surface area contributed by atoms with E-state index in [9.17, 15) is 9.59 Å². The van der Waals surface area contributed by atoms with E-state index >= 15 is 0 Å². The van der Waals surface area contributed by atoms with Crippen LogP contribution < -0.4 is 10.6 Å². The molecule has 0 unspecified atom stereocenters. The minimum atomic E-state index is -0.293. The van der Waals surface area contributed by atoms with Crippen LogP contribution in [0.4, 0.5) is 10.8 Å². The lowest BCUT2D eigenvalue weighted by molar-refractivity contribution is -0.114. The van der Waals surface area contributed by atoms with Gasteiger partial charge >= 0.3 is 0 Å². The van der Waals surface area contributed by atoms with Gasteiger partial charge in [-0.2, -0.15) is 5.10 Å². The molecule has 0 bridgehead atoms. The largest absolute Gasteiger partial charge is 0.326 e. The summed E-state index contributed by atoms with van der Waals surface area (Å²) in [7, 11) is 0. The molecule has 0 aliphatic rings. The van der Waals surface area contributed by atoms with Crippen LogP contribution in [0, 0.1) is 0 Å². The van der Waals surface area contributed by atoms with Gasteiger partial charge in [-0.15, -0.1) is 0 Å². The van der Waals surface area contributed by atoms with Gasteiger partial charge in [0, 0.05) is 25.4 Å². The Hall–Kier alpha value is -2.74. The van der Waals surface area contributed by atoms with Gasteiger partial charge in [-0.1, -0.05) is 11.3 Å². The molecule has 0 radical (unpaired) electrons. The predicted octanol–water partition coefficient (Wildman–Crippen LogP) is 2.72. The quantitative estimate of drug-likeness (QED) is 0.770. The highest BCUT2D eigenvalue weighted by Crippen LogP contribution is 2.28. The molecule has 118 valence electrons. The van der Waals surface area contributed by atoms with Crippen LogP contribution in [0.5, 0.6) is 0 Å². The van der Waals surface area contributed by atoms with Crippen LogP contribution in [0.15, 0.2) is 30.5 Å². The maximum absolute atomic E-state index is 12.2. The van der Waals surface area contributed by atoms with Gasteiger partial charge in [-0.05, 0) is 31.2 Å². The molecule has 3 rings (SSSR count). The number of amides is 2. The van der Waals surface area contributed by atoms with Gasteiger partial charge in [0.25, 0.3) is 5.91 Å². The first-order valence-corrected chi connectivity index (χ1v) is 7.90. The molecule has 3 aromatic rings. The molecule has 2 aromatic heterocycles. The number of anilines is 2. The molecule has 0 fully saturated rings. The number of carbonyl (C=O) groups excluding carboxylic acids is 2. The van der Waals surface area contributed by atoms with E-state index in [0.717, 1.165) is 10.2 Å². The van der Waals surface area contributed by atoms with E-state index in [1.807, 2.05) is 13.0 Å². The Labute approximate surface area is 136 Å². The summed E-state index contributed by atoms with van der Waals surface area (Å²) in [4.78, 5) is 27.6. The van der Waals surface area contributed by atoms with E-state index < -0.39 is 0 Å². The van der Waals surface area contributed by atoms with Crippen LogP contribution in [0.1, 0.15) is 24.3 Å². The molecule has 23 heavy (non-hydrogen) atoms. The van der Waals surface area contributed by atoms with Gasteiger partial charge in [0.1, 0.15) is 0 Å². The molecule has 2 heterocycles. The fourth-order valence-electron chi connectivity index (χ4n) is 2.08. The Morgan fingerprint density at radius 2 is 2.09 bits per heavy atom. The molecule has 8 heteroatoms. The summed E-state index contributed by atoms with van der Waals surface area (Å²) in [5, 5.41) is 10.1. The third-order valence-corrected chi connectivity index (χ3v) is 4.06. The molecule has 0 spiro atoms. The summed E-state index contributed by atoms with van der Waals surface area (Å²) < 4.78 is 2.57. The number of carbonyl (C=O) groups is 2. The van der Waals surface area contributed by atoms with E-state index in [0.29, 0.717) is 23.1 Å². The van der Waals surface area contributed by atoms with Gasteiger partial charge in [-0.25, -0.2) is 4.98 Å². The summed E-state index contributed by atoms with van der Waals surface area (Å²) in [6, 6.07) is 7.08. The Morgan fingerprint density at radius 3 is 2.78 bits per heavy atom. The highest BCUT2D eigenvalue weighted by molar-refractivity contribution is 7.22. The van der Waals surface area contributed by atoms with Crippen molar-refractivity contribution in [3.05, 3.63) is 36.2 Å². The van der Waals surface area contributed by atoms with Gasteiger partial charge < -0.3 is 5.32 Å². The SMILES string of the molecule is CCn1ccc(C(=O)Nc2nc3ccc(NC(C)=O)cc3s2)n1. The maximum Gasteiger partial charge on any atom is 0.277 e. The van der Waals surface area contributed by atoms with E-state index in [1.54, 1.807) is 29.1 Å². The zero-order valence-corrected chi connectivity index (χ0v) is 13.5. The maximum atomic E-state index is 12.2. The minimum Gasteiger partial charge on any atom is -0.326 e. The van der Waals surface area contributed by atoms with Crippen molar-refractivity contribution < 1.29 is 9.59 Å². The second-order valence-corrected chi connectivity index (χ2v) is 5.92. The monoisotopic (exact) mass is 329 g/mol. The van der Waals surface area contributed by atoms with Crippen LogP contribution in [0.2, 0.25) is 0 Å². The lowest BCUT2D eigenvalue weighted by Crippen LogP contribution is -2.13. The Kier molecular flexibility index (Phi) is 4.07. The van der Waals surface area contributed by atoms with Crippen LogP contribution in [-0.4, -0.2) is 26.6 Å². The van der Waals surface area contributed by atoms with Crippen molar-refractivity contribution in [3.8, 4) is 0 Å². The summed E-state index contributed by atoms with van der Waals surface area (Å²) in [6.07, 6.45) is 1.76. The van der Waals surface area contributed by atoms with Crippen molar-refractivity contribution in [3.63, 3.8) is 0 Å². The number of fused-ring (bicyclic) bond motifs is 1. The number of thiazole rings is 1. The lowest BCUT2D eigenvalue weighted by Gasteiger charge is -1.99. The highest BCUT2D eigenvalue weighted by atomic mass is 32.1. The number of aromatic nitrogens is 3. The van der Waals surface area contributed by atoms with Crippen LogP contribution in [-0.2, 0) is 11.3 Å². The number of nitrogens with zero attached hydrogens (tertiary/aromatic N) is 3. The number of hydrogen-bond acceptors (Lipinski definition) is 5. The summed E-state index contributed by atoms with van der Waals surface area (Å²) in [6.45, 7) is 4.12. The molecule has 7 nitrogen and oxygen atoms in total. The van der Waals surface area contributed by atoms with Crippen molar-refractivity contribution in [2.75, 3.05) is 10.6 Å². The zero-order chi connectivity index (χ0) is 16.4. The molecule has 2 amide bonds.